The normalized spacial score (nSPS) is 15.1. The Morgan fingerprint density at radius 1 is 1.23 bits per heavy atom. The summed E-state index contributed by atoms with van der Waals surface area (Å²) in [5.74, 6) is 1.19. The number of aromatic amines is 1. The highest BCUT2D eigenvalue weighted by atomic mass is 35.5. The van der Waals surface area contributed by atoms with Crippen LogP contribution in [0, 0.1) is 0 Å². The number of halogens is 1. The lowest BCUT2D eigenvalue weighted by Gasteiger charge is -2.30. The first-order valence-corrected chi connectivity index (χ1v) is 10.8. The number of hydrogen-bond acceptors (Lipinski definition) is 6. The molecule has 1 atom stereocenters. The predicted octanol–water partition coefficient (Wildman–Crippen LogP) is 3.83. The van der Waals surface area contributed by atoms with E-state index < -0.39 is 5.25 Å². The molecule has 1 amide bonds. The summed E-state index contributed by atoms with van der Waals surface area (Å²) in [5.41, 5.74) is 1.62. The lowest BCUT2D eigenvalue weighted by molar-refractivity contribution is -0.134. The number of nitrogens with one attached hydrogen (secondary N) is 1. The van der Waals surface area contributed by atoms with Gasteiger partial charge in [-0.15, -0.1) is 5.10 Å². The number of benzene rings is 2. The number of amides is 1. The van der Waals surface area contributed by atoms with Crippen molar-refractivity contribution < 1.29 is 14.3 Å². The van der Waals surface area contributed by atoms with E-state index in [4.69, 9.17) is 21.1 Å². The maximum atomic E-state index is 13.3. The molecule has 0 saturated carbocycles. The van der Waals surface area contributed by atoms with Gasteiger partial charge in [0.15, 0.2) is 5.82 Å². The zero-order chi connectivity index (χ0) is 20.9. The minimum Gasteiger partial charge on any atom is -0.496 e. The second-order valence-electron chi connectivity index (χ2n) is 6.66. The average molecular weight is 445 g/mol. The van der Waals surface area contributed by atoms with Crippen molar-refractivity contribution in [3.8, 4) is 17.1 Å². The summed E-state index contributed by atoms with van der Waals surface area (Å²) in [6.07, 6.45) is 0. The standard InChI is InChI=1S/C21H21ClN4O3S/c1-28-17-8-7-15(22)13-16(17)19-23-21(25-24-19)30-18(14-5-3-2-4-6-14)20(27)26-9-11-29-12-10-26/h2-8,13,18H,9-12H2,1H3,(H,23,24,25). The second-order valence-corrected chi connectivity index (χ2v) is 8.17. The van der Waals surface area contributed by atoms with E-state index >= 15 is 0 Å². The highest BCUT2D eigenvalue weighted by molar-refractivity contribution is 8.00. The third kappa shape index (κ3) is 4.61. The SMILES string of the molecule is COc1ccc(Cl)cc1-c1nc(SC(C(=O)N2CCOCC2)c2ccccc2)n[nH]1. The number of ether oxygens (including phenoxy) is 2. The van der Waals surface area contributed by atoms with Gasteiger partial charge in [-0.3, -0.25) is 9.89 Å². The van der Waals surface area contributed by atoms with Gasteiger partial charge in [0.25, 0.3) is 0 Å². The molecule has 1 unspecified atom stereocenters. The van der Waals surface area contributed by atoms with E-state index in [2.05, 4.69) is 15.2 Å². The molecule has 0 spiro atoms. The van der Waals surface area contributed by atoms with Crippen LogP contribution < -0.4 is 4.74 Å². The van der Waals surface area contributed by atoms with Crippen LogP contribution in [-0.4, -0.2) is 59.4 Å². The molecule has 9 heteroatoms. The second kappa shape index (κ2) is 9.51. The van der Waals surface area contributed by atoms with Crippen LogP contribution in [0.4, 0.5) is 0 Å². The Morgan fingerprint density at radius 2 is 2.00 bits per heavy atom. The topological polar surface area (TPSA) is 80.3 Å². The fourth-order valence-corrected chi connectivity index (χ4v) is 4.40. The van der Waals surface area contributed by atoms with Crippen molar-refractivity contribution in [3.63, 3.8) is 0 Å². The molecule has 1 aromatic heterocycles. The van der Waals surface area contributed by atoms with Crippen LogP contribution in [0.25, 0.3) is 11.4 Å². The van der Waals surface area contributed by atoms with Gasteiger partial charge < -0.3 is 14.4 Å². The minimum absolute atomic E-state index is 0.0289. The number of thioether (sulfide) groups is 1. The van der Waals surface area contributed by atoms with Crippen LogP contribution in [-0.2, 0) is 9.53 Å². The number of hydrogen-bond donors (Lipinski definition) is 1. The molecule has 0 radical (unpaired) electrons. The molecule has 2 heterocycles. The minimum atomic E-state index is -0.450. The van der Waals surface area contributed by atoms with E-state index in [9.17, 15) is 4.79 Å². The van der Waals surface area contributed by atoms with Gasteiger partial charge in [-0.1, -0.05) is 53.7 Å². The number of rotatable bonds is 6. The van der Waals surface area contributed by atoms with Crippen molar-refractivity contribution in [1.29, 1.82) is 0 Å². The van der Waals surface area contributed by atoms with Gasteiger partial charge >= 0.3 is 0 Å². The van der Waals surface area contributed by atoms with E-state index in [-0.39, 0.29) is 5.91 Å². The first kappa shape index (κ1) is 20.7. The van der Waals surface area contributed by atoms with Crippen LogP contribution >= 0.6 is 23.4 Å². The van der Waals surface area contributed by atoms with Crippen molar-refractivity contribution in [2.75, 3.05) is 33.4 Å². The molecule has 7 nitrogen and oxygen atoms in total. The monoisotopic (exact) mass is 444 g/mol. The zero-order valence-corrected chi connectivity index (χ0v) is 17.9. The fourth-order valence-electron chi connectivity index (χ4n) is 3.23. The first-order chi connectivity index (χ1) is 14.7. The van der Waals surface area contributed by atoms with Crippen molar-refractivity contribution in [1.82, 2.24) is 20.1 Å². The molecule has 2 aromatic carbocycles. The molecule has 3 aromatic rings. The summed E-state index contributed by atoms with van der Waals surface area (Å²) >= 11 is 7.46. The Balaban J connectivity index is 1.61. The number of carbonyl (C=O) groups is 1. The van der Waals surface area contributed by atoms with Crippen LogP contribution in [0.5, 0.6) is 5.75 Å². The summed E-state index contributed by atoms with van der Waals surface area (Å²) in [4.78, 5) is 19.7. The third-order valence-corrected chi connectivity index (χ3v) is 6.09. The maximum absolute atomic E-state index is 13.3. The van der Waals surface area contributed by atoms with E-state index in [0.717, 1.165) is 5.56 Å². The number of nitrogens with zero attached hydrogens (tertiary/aromatic N) is 3. The lowest BCUT2D eigenvalue weighted by Crippen LogP contribution is -2.42. The molecule has 1 saturated heterocycles. The number of methoxy groups -OCH3 is 1. The number of morpholine rings is 1. The van der Waals surface area contributed by atoms with Gasteiger partial charge in [0.2, 0.25) is 11.1 Å². The molecule has 0 aliphatic carbocycles. The van der Waals surface area contributed by atoms with Crippen LogP contribution in [0.2, 0.25) is 5.02 Å². The highest BCUT2D eigenvalue weighted by Gasteiger charge is 2.29. The smallest absolute Gasteiger partial charge is 0.240 e. The van der Waals surface area contributed by atoms with Gasteiger partial charge in [-0.2, -0.15) is 0 Å². The molecule has 1 aliphatic heterocycles. The molecule has 4 rings (SSSR count). The molecular weight excluding hydrogens is 424 g/mol. The average Bonchev–Trinajstić information content (AvgIpc) is 3.27. The van der Waals surface area contributed by atoms with Crippen LogP contribution in [0.1, 0.15) is 10.8 Å². The first-order valence-electron chi connectivity index (χ1n) is 9.50. The Hall–Kier alpha value is -2.55. The fraction of sp³-hybridized carbons (Fsp3) is 0.286. The lowest BCUT2D eigenvalue weighted by atomic mass is 10.1. The Labute approximate surface area is 183 Å². The largest absolute Gasteiger partial charge is 0.496 e. The van der Waals surface area contributed by atoms with Gasteiger partial charge in [-0.05, 0) is 23.8 Å². The number of aromatic nitrogens is 3. The van der Waals surface area contributed by atoms with Crippen molar-refractivity contribution in [3.05, 3.63) is 59.1 Å². The molecule has 1 N–H and O–H groups in total. The van der Waals surface area contributed by atoms with Crippen molar-refractivity contribution in [2.24, 2.45) is 0 Å². The Bertz CT molecular complexity index is 1010. The van der Waals surface area contributed by atoms with E-state index in [1.165, 1.54) is 11.8 Å². The summed E-state index contributed by atoms with van der Waals surface area (Å²) < 4.78 is 10.8. The molecule has 30 heavy (non-hydrogen) atoms. The van der Waals surface area contributed by atoms with Crippen LogP contribution in [0.3, 0.4) is 0 Å². The van der Waals surface area contributed by atoms with E-state index in [1.54, 1.807) is 25.3 Å². The summed E-state index contributed by atoms with van der Waals surface area (Å²) in [5, 5.41) is 7.85. The molecule has 156 valence electrons. The van der Waals surface area contributed by atoms with E-state index in [1.807, 2.05) is 35.2 Å². The van der Waals surface area contributed by atoms with Gasteiger partial charge in [0.05, 0.1) is 25.9 Å². The quantitative estimate of drug-likeness (QED) is 0.582. The summed E-state index contributed by atoms with van der Waals surface area (Å²) in [7, 11) is 1.59. The van der Waals surface area contributed by atoms with Crippen molar-refractivity contribution in [2.45, 2.75) is 10.4 Å². The number of H-pyrrole nitrogens is 1. The van der Waals surface area contributed by atoms with Crippen LogP contribution in [0.15, 0.2) is 53.7 Å². The molecule has 1 aliphatic rings. The molecular formula is C21H21ClN4O3S. The summed E-state index contributed by atoms with van der Waals surface area (Å²) in [6.45, 7) is 2.28. The van der Waals surface area contributed by atoms with E-state index in [0.29, 0.717) is 53.6 Å². The Kier molecular flexibility index (Phi) is 6.56. The summed E-state index contributed by atoms with van der Waals surface area (Å²) in [6, 6.07) is 15.0. The predicted molar refractivity (Wildman–Crippen MR) is 116 cm³/mol. The van der Waals surface area contributed by atoms with Crippen molar-refractivity contribution >= 4 is 29.3 Å². The van der Waals surface area contributed by atoms with Gasteiger partial charge in [-0.25, -0.2) is 4.98 Å². The molecule has 1 fully saturated rings. The van der Waals surface area contributed by atoms with Gasteiger partial charge in [0.1, 0.15) is 11.0 Å². The molecule has 0 bridgehead atoms. The maximum Gasteiger partial charge on any atom is 0.240 e. The third-order valence-electron chi connectivity index (χ3n) is 4.75. The zero-order valence-electron chi connectivity index (χ0n) is 16.4. The number of carbonyl (C=O) groups excluding carboxylic acids is 1. The van der Waals surface area contributed by atoms with Gasteiger partial charge in [0, 0.05) is 18.1 Å². The highest BCUT2D eigenvalue weighted by Crippen LogP contribution is 2.37. The Morgan fingerprint density at radius 3 is 2.73 bits per heavy atom.